The zero-order valence-corrected chi connectivity index (χ0v) is 12.0. The lowest BCUT2D eigenvalue weighted by atomic mass is 10.2. The highest BCUT2D eigenvalue weighted by molar-refractivity contribution is 8.13. The molecule has 0 aliphatic heterocycles. The van der Waals surface area contributed by atoms with Crippen molar-refractivity contribution in [3.63, 3.8) is 0 Å². The van der Waals surface area contributed by atoms with Gasteiger partial charge in [0, 0.05) is 17.2 Å². The van der Waals surface area contributed by atoms with Gasteiger partial charge in [0.1, 0.15) is 10.6 Å². The van der Waals surface area contributed by atoms with E-state index in [-0.39, 0.29) is 23.8 Å². The number of ether oxygens (including phenoxy) is 2. The van der Waals surface area contributed by atoms with Crippen molar-refractivity contribution >= 4 is 25.8 Å². The highest BCUT2D eigenvalue weighted by Crippen LogP contribution is 2.27. The summed E-state index contributed by atoms with van der Waals surface area (Å²) in [6.07, 6.45) is -0.575. The first-order valence-electron chi connectivity index (χ1n) is 5.40. The summed E-state index contributed by atoms with van der Waals surface area (Å²) < 4.78 is 32.4. The van der Waals surface area contributed by atoms with E-state index in [9.17, 15) is 13.2 Å². The van der Waals surface area contributed by atoms with Gasteiger partial charge in [0.25, 0.3) is 9.05 Å². The molecular weight excluding hydrogens is 294 g/mol. The molecule has 19 heavy (non-hydrogen) atoms. The average Bonchev–Trinajstić information content (AvgIpc) is 2.35. The smallest absolute Gasteiger partial charge is 0.407 e. The topological polar surface area (TPSA) is 81.7 Å². The van der Waals surface area contributed by atoms with Crippen LogP contribution in [0.2, 0.25) is 0 Å². The molecular formula is C11H14ClNO5S. The number of benzene rings is 1. The number of amides is 1. The van der Waals surface area contributed by atoms with Gasteiger partial charge in [-0.2, -0.15) is 0 Å². The summed E-state index contributed by atoms with van der Waals surface area (Å²) in [7, 11) is 2.74. The summed E-state index contributed by atoms with van der Waals surface area (Å²) in [5.74, 6) is 0.148. The minimum absolute atomic E-state index is 0.127. The maximum Gasteiger partial charge on any atom is 0.407 e. The molecule has 8 heteroatoms. The van der Waals surface area contributed by atoms with Gasteiger partial charge < -0.3 is 14.8 Å². The Labute approximate surface area is 116 Å². The van der Waals surface area contributed by atoms with Gasteiger partial charge in [0.15, 0.2) is 0 Å². The third-order valence-corrected chi connectivity index (χ3v) is 3.55. The van der Waals surface area contributed by atoms with Gasteiger partial charge in [0.2, 0.25) is 0 Å². The average molecular weight is 308 g/mol. The maximum absolute atomic E-state index is 11.4. The molecule has 0 aromatic heterocycles. The Kier molecular flexibility index (Phi) is 5.44. The van der Waals surface area contributed by atoms with Crippen LogP contribution >= 0.6 is 10.7 Å². The van der Waals surface area contributed by atoms with Crippen LogP contribution in [0, 0.1) is 0 Å². The minimum Gasteiger partial charge on any atom is -0.495 e. The van der Waals surface area contributed by atoms with Crippen LogP contribution in [-0.2, 0) is 20.3 Å². The summed E-state index contributed by atoms with van der Waals surface area (Å²) in [4.78, 5) is 11.0. The largest absolute Gasteiger partial charge is 0.495 e. The number of methoxy groups -OCH3 is 1. The molecule has 0 spiro atoms. The molecule has 0 saturated heterocycles. The highest BCUT2D eigenvalue weighted by Gasteiger charge is 2.17. The van der Waals surface area contributed by atoms with Crippen LogP contribution in [0.1, 0.15) is 12.5 Å². The van der Waals surface area contributed by atoms with E-state index in [1.807, 2.05) is 0 Å². The lowest BCUT2D eigenvalue weighted by molar-refractivity contribution is 0.151. The Bertz CT molecular complexity index is 558. The molecule has 106 valence electrons. The molecule has 1 amide bonds. The summed E-state index contributed by atoms with van der Waals surface area (Å²) in [6, 6.07) is 4.43. The third-order valence-electron chi connectivity index (χ3n) is 2.20. The second-order valence-corrected chi connectivity index (χ2v) is 6.03. The van der Waals surface area contributed by atoms with Crippen LogP contribution in [0.3, 0.4) is 0 Å². The van der Waals surface area contributed by atoms with Gasteiger partial charge in [-0.1, -0.05) is 6.07 Å². The highest BCUT2D eigenvalue weighted by atomic mass is 35.7. The number of alkyl carbamates (subject to hydrolysis) is 1. The number of hydrogen-bond acceptors (Lipinski definition) is 5. The Balaban J connectivity index is 2.90. The molecule has 1 aromatic rings. The van der Waals surface area contributed by atoms with E-state index in [1.54, 1.807) is 13.0 Å². The zero-order valence-electron chi connectivity index (χ0n) is 10.5. The van der Waals surface area contributed by atoms with E-state index >= 15 is 0 Å². The van der Waals surface area contributed by atoms with Crippen molar-refractivity contribution in [2.24, 2.45) is 0 Å². The van der Waals surface area contributed by atoms with Gasteiger partial charge in [-0.3, -0.25) is 0 Å². The van der Waals surface area contributed by atoms with Crippen LogP contribution in [0.25, 0.3) is 0 Å². The van der Waals surface area contributed by atoms with Crippen molar-refractivity contribution in [3.05, 3.63) is 23.8 Å². The van der Waals surface area contributed by atoms with Crippen LogP contribution < -0.4 is 10.1 Å². The van der Waals surface area contributed by atoms with E-state index < -0.39 is 15.1 Å². The quantitative estimate of drug-likeness (QED) is 0.840. The molecule has 0 bridgehead atoms. The van der Waals surface area contributed by atoms with E-state index in [0.29, 0.717) is 5.56 Å². The predicted octanol–water partition coefficient (Wildman–Crippen LogP) is 1.87. The third kappa shape index (κ3) is 4.60. The van der Waals surface area contributed by atoms with Crippen molar-refractivity contribution < 1.29 is 22.7 Å². The van der Waals surface area contributed by atoms with Crippen molar-refractivity contribution in [1.29, 1.82) is 0 Å². The van der Waals surface area contributed by atoms with Gasteiger partial charge in [0.05, 0.1) is 13.7 Å². The Morgan fingerprint density at radius 3 is 2.63 bits per heavy atom. The van der Waals surface area contributed by atoms with Gasteiger partial charge in [-0.05, 0) is 24.6 Å². The standard InChI is InChI=1S/C11H14ClNO5S/c1-3-18-11(14)13-7-8-4-5-9(17-2)10(6-8)19(12,15)16/h4-6H,3,7H2,1-2H3,(H,13,14). The molecule has 0 aliphatic carbocycles. The van der Waals surface area contributed by atoms with E-state index in [1.165, 1.54) is 19.2 Å². The monoisotopic (exact) mass is 307 g/mol. The molecule has 0 radical (unpaired) electrons. The molecule has 1 aromatic carbocycles. The number of carbonyl (C=O) groups is 1. The number of nitrogens with one attached hydrogen (secondary N) is 1. The van der Waals surface area contributed by atoms with Crippen molar-refractivity contribution in [2.45, 2.75) is 18.4 Å². The molecule has 0 saturated carbocycles. The fourth-order valence-corrected chi connectivity index (χ4v) is 2.42. The van der Waals surface area contributed by atoms with E-state index in [2.05, 4.69) is 10.1 Å². The molecule has 0 heterocycles. The number of halogens is 1. The zero-order chi connectivity index (χ0) is 14.5. The van der Waals surface area contributed by atoms with Crippen molar-refractivity contribution in [1.82, 2.24) is 5.32 Å². The lowest BCUT2D eigenvalue weighted by Crippen LogP contribution is -2.23. The summed E-state index contributed by atoms with van der Waals surface area (Å²) >= 11 is 0. The van der Waals surface area contributed by atoms with Crippen LogP contribution in [0.4, 0.5) is 4.79 Å². The normalized spacial score (nSPS) is 10.9. The van der Waals surface area contributed by atoms with E-state index in [4.69, 9.17) is 15.4 Å². The van der Waals surface area contributed by atoms with E-state index in [0.717, 1.165) is 0 Å². The number of carbonyl (C=O) groups excluding carboxylic acids is 1. The van der Waals surface area contributed by atoms with Crippen molar-refractivity contribution in [2.75, 3.05) is 13.7 Å². The summed E-state index contributed by atoms with van der Waals surface area (Å²) in [5, 5.41) is 2.48. The Morgan fingerprint density at radius 2 is 2.11 bits per heavy atom. The lowest BCUT2D eigenvalue weighted by Gasteiger charge is -2.09. The van der Waals surface area contributed by atoms with Gasteiger partial charge >= 0.3 is 6.09 Å². The first-order chi connectivity index (χ1) is 8.88. The SMILES string of the molecule is CCOC(=O)NCc1ccc(OC)c(S(=O)(=O)Cl)c1. The number of rotatable bonds is 5. The second kappa shape index (κ2) is 6.63. The minimum atomic E-state index is -3.91. The van der Waals surface area contributed by atoms with Crippen LogP contribution in [-0.4, -0.2) is 28.2 Å². The first kappa shape index (κ1) is 15.6. The molecule has 1 N–H and O–H groups in total. The predicted molar refractivity (Wildman–Crippen MR) is 69.9 cm³/mol. The van der Waals surface area contributed by atoms with Crippen LogP contribution in [0.5, 0.6) is 5.75 Å². The second-order valence-electron chi connectivity index (χ2n) is 3.50. The van der Waals surface area contributed by atoms with Gasteiger partial charge in [-0.15, -0.1) is 0 Å². The fourth-order valence-electron chi connectivity index (χ4n) is 1.38. The molecule has 1 rings (SSSR count). The molecule has 6 nitrogen and oxygen atoms in total. The number of hydrogen-bond donors (Lipinski definition) is 1. The summed E-state index contributed by atoms with van der Waals surface area (Å²) in [5.41, 5.74) is 0.563. The first-order valence-corrected chi connectivity index (χ1v) is 7.71. The molecule has 0 unspecified atom stereocenters. The van der Waals surface area contributed by atoms with Gasteiger partial charge in [-0.25, -0.2) is 13.2 Å². The molecule has 0 atom stereocenters. The fraction of sp³-hybridized carbons (Fsp3) is 0.364. The van der Waals surface area contributed by atoms with Crippen molar-refractivity contribution in [3.8, 4) is 5.75 Å². The van der Waals surface area contributed by atoms with Crippen LogP contribution in [0.15, 0.2) is 23.1 Å². The Hall–Kier alpha value is -1.47. The maximum atomic E-state index is 11.4. The molecule has 0 aliphatic rings. The summed E-state index contributed by atoms with van der Waals surface area (Å²) in [6.45, 7) is 2.07. The Morgan fingerprint density at radius 1 is 1.42 bits per heavy atom. The molecule has 0 fully saturated rings.